The number of fused-ring (bicyclic) bond motifs is 1. The largest absolute Gasteiger partial charge is 0.496 e. The highest BCUT2D eigenvalue weighted by molar-refractivity contribution is 6.08. The van der Waals surface area contributed by atoms with E-state index in [0.29, 0.717) is 23.8 Å². The van der Waals surface area contributed by atoms with E-state index in [9.17, 15) is 9.59 Å². The van der Waals surface area contributed by atoms with Gasteiger partial charge in [0.2, 0.25) is 5.96 Å². The van der Waals surface area contributed by atoms with Gasteiger partial charge in [0.25, 0.3) is 5.91 Å². The predicted molar refractivity (Wildman–Crippen MR) is 102 cm³/mol. The highest BCUT2D eigenvalue weighted by atomic mass is 16.5. The van der Waals surface area contributed by atoms with Crippen molar-refractivity contribution in [3.05, 3.63) is 65.2 Å². The van der Waals surface area contributed by atoms with Crippen LogP contribution in [-0.2, 0) is 17.8 Å². The second kappa shape index (κ2) is 7.23. The summed E-state index contributed by atoms with van der Waals surface area (Å²) in [7, 11) is 1.53. The molecule has 1 unspecified atom stereocenters. The lowest BCUT2D eigenvalue weighted by atomic mass is 10.0. The van der Waals surface area contributed by atoms with E-state index >= 15 is 0 Å². The first kappa shape index (κ1) is 17.3. The average molecular weight is 363 g/mol. The number of ketones is 1. The minimum absolute atomic E-state index is 0.0279. The number of nitrogens with one attached hydrogen (secondary N) is 1. The van der Waals surface area contributed by atoms with E-state index < -0.39 is 6.04 Å². The predicted octanol–water partition coefficient (Wildman–Crippen LogP) is 2.18. The van der Waals surface area contributed by atoms with Crippen LogP contribution in [0.15, 0.2) is 53.5 Å². The summed E-state index contributed by atoms with van der Waals surface area (Å²) >= 11 is 0. The summed E-state index contributed by atoms with van der Waals surface area (Å²) in [6, 6.07) is 14.6. The highest BCUT2D eigenvalue weighted by Crippen LogP contribution is 2.23. The van der Waals surface area contributed by atoms with Crippen LogP contribution >= 0.6 is 0 Å². The first-order valence-electron chi connectivity index (χ1n) is 9.02. The van der Waals surface area contributed by atoms with Crippen LogP contribution in [0, 0.1) is 0 Å². The van der Waals surface area contributed by atoms with E-state index in [1.54, 1.807) is 18.2 Å². The summed E-state index contributed by atoms with van der Waals surface area (Å²) < 4.78 is 5.24. The van der Waals surface area contributed by atoms with Gasteiger partial charge in [0, 0.05) is 19.5 Å². The van der Waals surface area contributed by atoms with Gasteiger partial charge in [-0.1, -0.05) is 36.4 Å². The number of rotatable bonds is 4. The highest BCUT2D eigenvalue weighted by Gasteiger charge is 2.32. The van der Waals surface area contributed by atoms with Crippen molar-refractivity contribution < 1.29 is 14.3 Å². The zero-order valence-electron chi connectivity index (χ0n) is 15.1. The molecule has 0 spiro atoms. The zero-order chi connectivity index (χ0) is 18.8. The maximum Gasteiger partial charge on any atom is 0.252 e. The van der Waals surface area contributed by atoms with E-state index in [1.807, 2.05) is 18.2 Å². The van der Waals surface area contributed by atoms with Crippen LogP contribution in [0.25, 0.3) is 0 Å². The Bertz CT molecular complexity index is 922. The fourth-order valence-corrected chi connectivity index (χ4v) is 3.57. The third kappa shape index (κ3) is 3.43. The lowest BCUT2D eigenvalue weighted by molar-refractivity contribution is -0.120. The molecule has 2 aromatic rings. The topological polar surface area (TPSA) is 71.0 Å². The molecule has 2 aliphatic heterocycles. The Labute approximate surface area is 157 Å². The van der Waals surface area contributed by atoms with Gasteiger partial charge in [-0.2, -0.15) is 0 Å². The Morgan fingerprint density at radius 1 is 1.19 bits per heavy atom. The van der Waals surface area contributed by atoms with E-state index in [4.69, 9.17) is 4.74 Å². The van der Waals surface area contributed by atoms with Gasteiger partial charge in [-0.25, -0.2) is 4.99 Å². The molecule has 6 heteroatoms. The van der Waals surface area contributed by atoms with E-state index in [0.717, 1.165) is 13.0 Å². The maximum absolute atomic E-state index is 12.6. The third-order valence-electron chi connectivity index (χ3n) is 5.03. The Kier molecular flexibility index (Phi) is 4.62. The molecule has 0 saturated carbocycles. The molecule has 0 saturated heterocycles. The molecule has 1 amide bonds. The van der Waals surface area contributed by atoms with Crippen LogP contribution in [0.4, 0.5) is 0 Å². The number of hydrogen-bond acceptors (Lipinski definition) is 5. The zero-order valence-corrected chi connectivity index (χ0v) is 15.1. The monoisotopic (exact) mass is 363 g/mol. The number of para-hydroxylation sites is 1. The van der Waals surface area contributed by atoms with Crippen molar-refractivity contribution >= 4 is 17.6 Å². The summed E-state index contributed by atoms with van der Waals surface area (Å²) in [4.78, 5) is 31.6. The van der Waals surface area contributed by atoms with E-state index in [2.05, 4.69) is 27.3 Å². The number of ether oxygens (including phenoxy) is 1. The van der Waals surface area contributed by atoms with Gasteiger partial charge < -0.3 is 9.64 Å². The number of methoxy groups -OCH3 is 1. The molecule has 0 bridgehead atoms. The van der Waals surface area contributed by atoms with Crippen LogP contribution in [0.5, 0.6) is 5.75 Å². The Hall–Kier alpha value is -3.15. The molecular formula is C21H21N3O3. The molecule has 138 valence electrons. The summed E-state index contributed by atoms with van der Waals surface area (Å²) in [5.41, 5.74) is 3.05. The van der Waals surface area contributed by atoms with Crippen molar-refractivity contribution in [1.82, 2.24) is 10.2 Å². The molecular weight excluding hydrogens is 342 g/mol. The molecule has 0 fully saturated rings. The number of Topliss-reactive ketones (excluding diaryl/α,β-unsaturated/α-hetero) is 1. The van der Waals surface area contributed by atoms with Crippen LogP contribution < -0.4 is 10.1 Å². The molecule has 4 rings (SSSR count). The lowest BCUT2D eigenvalue weighted by Crippen LogP contribution is -2.43. The first-order chi connectivity index (χ1) is 13.2. The van der Waals surface area contributed by atoms with Crippen molar-refractivity contribution in [2.75, 3.05) is 13.7 Å². The molecule has 0 radical (unpaired) electrons. The molecule has 2 heterocycles. The second-order valence-electron chi connectivity index (χ2n) is 6.73. The Morgan fingerprint density at radius 2 is 1.93 bits per heavy atom. The number of guanidine groups is 1. The van der Waals surface area contributed by atoms with Gasteiger partial charge in [0.15, 0.2) is 5.78 Å². The van der Waals surface area contributed by atoms with Gasteiger partial charge >= 0.3 is 0 Å². The van der Waals surface area contributed by atoms with Crippen molar-refractivity contribution in [1.29, 1.82) is 0 Å². The standard InChI is InChI=1S/C21H21N3O3/c1-27-19-9-5-4-8-16(19)18(25)12-17-20(26)23-21(22-17)24-11-10-14-6-2-3-7-15(14)13-24/h2-9,17H,10-13H2,1H3,(H,22,23,26). The van der Waals surface area contributed by atoms with Crippen LogP contribution in [-0.4, -0.2) is 42.2 Å². The summed E-state index contributed by atoms with van der Waals surface area (Å²) in [5, 5.41) is 2.84. The van der Waals surface area contributed by atoms with Crippen LogP contribution in [0.1, 0.15) is 27.9 Å². The number of hydrogen-bond donors (Lipinski definition) is 1. The third-order valence-corrected chi connectivity index (χ3v) is 5.03. The number of aliphatic imine (C=N–C) groups is 1. The fourth-order valence-electron chi connectivity index (χ4n) is 3.57. The Balaban J connectivity index is 1.48. The Morgan fingerprint density at radius 3 is 2.74 bits per heavy atom. The molecule has 1 N–H and O–H groups in total. The van der Waals surface area contributed by atoms with Gasteiger partial charge in [-0.3, -0.25) is 14.9 Å². The molecule has 1 atom stereocenters. The van der Waals surface area contributed by atoms with Crippen molar-refractivity contribution in [3.8, 4) is 5.75 Å². The second-order valence-corrected chi connectivity index (χ2v) is 6.73. The number of amides is 1. The van der Waals surface area contributed by atoms with Gasteiger partial charge in [-0.15, -0.1) is 0 Å². The number of carbonyl (C=O) groups is 2. The summed E-state index contributed by atoms with van der Waals surface area (Å²) in [6.07, 6.45) is 0.940. The summed E-state index contributed by atoms with van der Waals surface area (Å²) in [5.74, 6) is 0.693. The van der Waals surface area contributed by atoms with Gasteiger partial charge in [-0.05, 0) is 29.7 Å². The minimum atomic E-state index is -0.699. The van der Waals surface area contributed by atoms with Crippen LogP contribution in [0.2, 0.25) is 0 Å². The molecule has 6 nitrogen and oxygen atoms in total. The normalized spacial score (nSPS) is 18.6. The molecule has 27 heavy (non-hydrogen) atoms. The van der Waals surface area contributed by atoms with E-state index in [-0.39, 0.29) is 18.1 Å². The van der Waals surface area contributed by atoms with Crippen molar-refractivity contribution in [2.24, 2.45) is 4.99 Å². The SMILES string of the molecule is COc1ccccc1C(=O)CC1N=C(N2CCc3ccccc3C2)NC1=O. The molecule has 0 aliphatic carbocycles. The molecule has 2 aromatic carbocycles. The lowest BCUT2D eigenvalue weighted by Gasteiger charge is -2.29. The van der Waals surface area contributed by atoms with Gasteiger partial charge in [0.05, 0.1) is 12.7 Å². The summed E-state index contributed by atoms with van der Waals surface area (Å²) in [6.45, 7) is 1.51. The first-order valence-corrected chi connectivity index (χ1v) is 9.02. The van der Waals surface area contributed by atoms with Crippen molar-refractivity contribution in [2.45, 2.75) is 25.4 Å². The fraction of sp³-hybridized carbons (Fsp3) is 0.286. The smallest absolute Gasteiger partial charge is 0.252 e. The van der Waals surface area contributed by atoms with Gasteiger partial charge in [0.1, 0.15) is 11.8 Å². The molecule has 2 aliphatic rings. The van der Waals surface area contributed by atoms with Crippen LogP contribution in [0.3, 0.4) is 0 Å². The average Bonchev–Trinajstić information content (AvgIpc) is 3.07. The minimum Gasteiger partial charge on any atom is -0.496 e. The number of benzene rings is 2. The van der Waals surface area contributed by atoms with Crippen molar-refractivity contribution in [3.63, 3.8) is 0 Å². The molecule has 0 aromatic heterocycles. The maximum atomic E-state index is 12.6. The number of nitrogens with zero attached hydrogens (tertiary/aromatic N) is 2. The number of carbonyl (C=O) groups excluding carboxylic acids is 2. The van der Waals surface area contributed by atoms with E-state index in [1.165, 1.54) is 18.2 Å². The quantitative estimate of drug-likeness (QED) is 0.846.